The quantitative estimate of drug-likeness (QED) is 0.270. The fraction of sp³-hybridized carbons (Fsp3) is 1.00. The molecule has 6 heteroatoms. The molecule has 0 heterocycles. The van der Waals surface area contributed by atoms with Crippen molar-refractivity contribution in [2.45, 2.75) is 123 Å². The fourth-order valence-electron chi connectivity index (χ4n) is 10.6. The van der Waals surface area contributed by atoms with Crippen molar-refractivity contribution < 1.29 is 25.5 Å². The number of nitrogens with zero attached hydrogens (tertiary/aromatic N) is 1. The van der Waals surface area contributed by atoms with Crippen LogP contribution in [0.25, 0.3) is 0 Å². The first kappa shape index (κ1) is 30.7. The Morgan fingerprint density at radius 1 is 0.842 bits per heavy atom. The summed E-state index contributed by atoms with van der Waals surface area (Å²) in [6, 6.07) is 0. The van der Waals surface area contributed by atoms with Crippen LogP contribution in [0.3, 0.4) is 0 Å². The Balaban J connectivity index is 1.64. The molecule has 0 aromatic carbocycles. The van der Waals surface area contributed by atoms with Gasteiger partial charge in [-0.2, -0.15) is 0 Å². The predicted molar refractivity (Wildman–Crippen MR) is 151 cm³/mol. The van der Waals surface area contributed by atoms with Gasteiger partial charge >= 0.3 is 0 Å². The standard InChI is InChI=1S/C32H59NO5/c1-22(2)7-6-8-23(3)26-9-10-27-25-20-31(37,21-33(15-17-34)16-18-35)32(38)19-24(36)11-14-30(32,5)28(25)12-13-29(26,27)4/h22-28,34-38H,6-21H2,1-5H3/t23-,24?,25+,26-,27+,28+,29-,30-,31?,32?/m1/s1. The SMILES string of the molecule is CC(C)CCC[C@@H](C)[C@H]1CC[C@H]2[C@@H]3CC(O)(CN(CCO)CCO)C4(O)CC(O)CC[C@]4(C)[C@H]3CC[C@]12C. The lowest BCUT2D eigenvalue weighted by Crippen LogP contribution is -2.76. The molecule has 222 valence electrons. The Kier molecular flexibility index (Phi) is 9.35. The van der Waals surface area contributed by atoms with E-state index in [1.807, 2.05) is 4.90 Å². The summed E-state index contributed by atoms with van der Waals surface area (Å²) >= 11 is 0. The van der Waals surface area contributed by atoms with Crippen LogP contribution in [0.4, 0.5) is 0 Å². The first-order valence-electron chi connectivity index (χ1n) is 15.9. The number of hydrogen-bond donors (Lipinski definition) is 5. The van der Waals surface area contributed by atoms with Gasteiger partial charge in [0.2, 0.25) is 0 Å². The highest BCUT2D eigenvalue weighted by Gasteiger charge is 2.72. The van der Waals surface area contributed by atoms with E-state index < -0.39 is 22.7 Å². The Morgan fingerprint density at radius 3 is 2.16 bits per heavy atom. The minimum absolute atomic E-state index is 0.0580. The maximum Gasteiger partial charge on any atom is 0.107 e. The highest BCUT2D eigenvalue weighted by molar-refractivity contribution is 5.22. The van der Waals surface area contributed by atoms with E-state index in [2.05, 4.69) is 34.6 Å². The third-order valence-corrected chi connectivity index (χ3v) is 12.6. The molecule has 38 heavy (non-hydrogen) atoms. The van der Waals surface area contributed by atoms with Crippen molar-refractivity contribution >= 4 is 0 Å². The van der Waals surface area contributed by atoms with Crippen molar-refractivity contribution in [2.75, 3.05) is 32.8 Å². The molecule has 5 N–H and O–H groups in total. The van der Waals surface area contributed by atoms with Crippen molar-refractivity contribution in [1.82, 2.24) is 4.90 Å². The second kappa shape index (κ2) is 11.6. The average molecular weight is 538 g/mol. The third kappa shape index (κ3) is 5.13. The van der Waals surface area contributed by atoms with E-state index >= 15 is 0 Å². The van der Waals surface area contributed by atoms with E-state index in [1.54, 1.807) is 0 Å². The first-order valence-corrected chi connectivity index (χ1v) is 15.9. The Hall–Kier alpha value is -0.240. The minimum Gasteiger partial charge on any atom is -0.395 e. The Labute approximate surface area is 232 Å². The van der Waals surface area contributed by atoms with Crippen molar-refractivity contribution in [3.05, 3.63) is 0 Å². The van der Waals surface area contributed by atoms with E-state index in [9.17, 15) is 25.5 Å². The van der Waals surface area contributed by atoms with Crippen molar-refractivity contribution in [3.8, 4) is 0 Å². The highest BCUT2D eigenvalue weighted by atomic mass is 16.4. The largest absolute Gasteiger partial charge is 0.395 e. The van der Waals surface area contributed by atoms with Crippen molar-refractivity contribution in [1.29, 1.82) is 0 Å². The van der Waals surface area contributed by atoms with Gasteiger partial charge in [-0.05, 0) is 85.9 Å². The normalized spacial score (nSPS) is 45.6. The zero-order chi connectivity index (χ0) is 27.9. The van der Waals surface area contributed by atoms with E-state index in [0.29, 0.717) is 49.6 Å². The molecule has 0 saturated heterocycles. The van der Waals surface area contributed by atoms with E-state index in [1.165, 1.54) is 38.5 Å². The Morgan fingerprint density at radius 2 is 1.53 bits per heavy atom. The molecule has 10 atom stereocenters. The van der Waals surface area contributed by atoms with Gasteiger partial charge in [0.25, 0.3) is 0 Å². The lowest BCUT2D eigenvalue weighted by Gasteiger charge is -2.69. The molecule has 4 rings (SSSR count). The van der Waals surface area contributed by atoms with Crippen LogP contribution in [0.2, 0.25) is 0 Å². The second-order valence-electron chi connectivity index (χ2n) is 15.0. The smallest absolute Gasteiger partial charge is 0.107 e. The number of hydrogen-bond acceptors (Lipinski definition) is 6. The average Bonchev–Trinajstić information content (AvgIpc) is 3.19. The van der Waals surface area contributed by atoms with Crippen LogP contribution >= 0.6 is 0 Å². The van der Waals surface area contributed by atoms with Gasteiger partial charge < -0.3 is 25.5 Å². The zero-order valence-electron chi connectivity index (χ0n) is 25.0. The first-order chi connectivity index (χ1) is 17.8. The minimum atomic E-state index is -1.39. The number of fused-ring (bicyclic) bond motifs is 5. The Bertz CT molecular complexity index is 788. The van der Waals surface area contributed by atoms with Crippen LogP contribution in [-0.2, 0) is 0 Å². The van der Waals surface area contributed by atoms with Crippen LogP contribution < -0.4 is 0 Å². The van der Waals surface area contributed by atoms with Crippen LogP contribution in [0.1, 0.15) is 105 Å². The molecule has 0 bridgehead atoms. The summed E-state index contributed by atoms with van der Waals surface area (Å²) in [6.45, 7) is 12.7. The molecule has 0 radical (unpaired) electrons. The lowest BCUT2D eigenvalue weighted by atomic mass is 9.39. The molecule has 4 fully saturated rings. The van der Waals surface area contributed by atoms with Gasteiger partial charge in [0.1, 0.15) is 11.2 Å². The number of aliphatic hydroxyl groups excluding tert-OH is 3. The van der Waals surface area contributed by atoms with Gasteiger partial charge in [-0.25, -0.2) is 0 Å². The summed E-state index contributed by atoms with van der Waals surface area (Å²) < 4.78 is 0. The molecule has 0 aliphatic heterocycles. The maximum absolute atomic E-state index is 12.6. The molecular weight excluding hydrogens is 478 g/mol. The summed E-state index contributed by atoms with van der Waals surface area (Å²) in [5.74, 6) is 3.42. The highest BCUT2D eigenvalue weighted by Crippen LogP contribution is 2.71. The molecule has 4 aliphatic rings. The predicted octanol–water partition coefficient (Wildman–Crippen LogP) is 4.21. The molecule has 3 unspecified atom stereocenters. The van der Waals surface area contributed by atoms with E-state index in [4.69, 9.17) is 0 Å². The summed E-state index contributed by atoms with van der Waals surface area (Å²) in [4.78, 5) is 1.90. The maximum atomic E-state index is 12.6. The van der Waals surface area contributed by atoms with Crippen molar-refractivity contribution in [2.24, 2.45) is 46.3 Å². The molecule has 0 aromatic rings. The van der Waals surface area contributed by atoms with Crippen molar-refractivity contribution in [3.63, 3.8) is 0 Å². The van der Waals surface area contributed by atoms with Crippen LogP contribution in [-0.4, -0.2) is 80.6 Å². The number of aliphatic hydroxyl groups is 5. The monoisotopic (exact) mass is 537 g/mol. The molecule has 4 aliphatic carbocycles. The fourth-order valence-corrected chi connectivity index (χ4v) is 10.6. The molecule has 6 nitrogen and oxygen atoms in total. The molecular formula is C32H59NO5. The van der Waals surface area contributed by atoms with E-state index in [-0.39, 0.29) is 31.6 Å². The summed E-state index contributed by atoms with van der Waals surface area (Å²) in [5.41, 5.74) is -2.97. The molecule has 0 aromatic heterocycles. The summed E-state index contributed by atoms with van der Waals surface area (Å²) in [7, 11) is 0. The van der Waals surface area contributed by atoms with E-state index in [0.717, 1.165) is 24.7 Å². The number of rotatable bonds is 11. The van der Waals surface area contributed by atoms with Crippen LogP contribution in [0, 0.1) is 46.3 Å². The molecule has 4 saturated carbocycles. The second-order valence-corrected chi connectivity index (χ2v) is 15.0. The zero-order valence-corrected chi connectivity index (χ0v) is 25.0. The van der Waals surface area contributed by atoms with Gasteiger partial charge in [-0.15, -0.1) is 0 Å². The molecule has 0 amide bonds. The van der Waals surface area contributed by atoms with Gasteiger partial charge in [0, 0.05) is 31.5 Å². The third-order valence-electron chi connectivity index (χ3n) is 12.6. The lowest BCUT2D eigenvalue weighted by molar-refractivity contribution is -0.309. The van der Waals surface area contributed by atoms with Gasteiger partial charge in [0.15, 0.2) is 0 Å². The summed E-state index contributed by atoms with van der Waals surface area (Å²) in [6.07, 6.45) is 10.2. The molecule has 0 spiro atoms. The van der Waals surface area contributed by atoms with Crippen LogP contribution in [0.15, 0.2) is 0 Å². The topological polar surface area (TPSA) is 104 Å². The van der Waals surface area contributed by atoms with Gasteiger partial charge in [-0.3, -0.25) is 4.90 Å². The van der Waals surface area contributed by atoms with Crippen LogP contribution in [0.5, 0.6) is 0 Å². The van der Waals surface area contributed by atoms with Gasteiger partial charge in [0.05, 0.1) is 19.3 Å². The summed E-state index contributed by atoms with van der Waals surface area (Å²) in [5, 5.41) is 55.1. The van der Waals surface area contributed by atoms with Gasteiger partial charge in [-0.1, -0.05) is 53.9 Å².